The van der Waals surface area contributed by atoms with Crippen molar-refractivity contribution in [1.82, 2.24) is 0 Å². The van der Waals surface area contributed by atoms with E-state index in [0.29, 0.717) is 25.4 Å². The lowest BCUT2D eigenvalue weighted by Gasteiger charge is -2.29. The van der Waals surface area contributed by atoms with Crippen LogP contribution in [0, 0.1) is 0 Å². The Morgan fingerprint density at radius 2 is 1.46 bits per heavy atom. The van der Waals surface area contributed by atoms with E-state index in [0.717, 1.165) is 60.8 Å². The number of benzene rings is 2. The molecule has 192 valence electrons. The van der Waals surface area contributed by atoms with Crippen molar-refractivity contribution < 1.29 is 18.1 Å². The van der Waals surface area contributed by atoms with Gasteiger partial charge in [-0.05, 0) is 56.4 Å². The van der Waals surface area contributed by atoms with Gasteiger partial charge >= 0.3 is 8.80 Å². The molecule has 0 aliphatic heterocycles. The van der Waals surface area contributed by atoms with Crippen LogP contribution in [-0.2, 0) is 18.1 Å². The minimum absolute atomic E-state index is 0.173. The molecule has 2 aromatic rings. The Balaban J connectivity index is 2.04. The highest BCUT2D eigenvalue weighted by Crippen LogP contribution is 2.29. The van der Waals surface area contributed by atoms with Crippen LogP contribution in [0.15, 0.2) is 60.7 Å². The average Bonchev–Trinajstić information content (AvgIpc) is 2.88. The number of carbonyl (C=O) groups excluding carboxylic acids is 1. The number of carbonyl (C=O) groups is 1. The lowest BCUT2D eigenvalue weighted by Crippen LogP contribution is -2.46. The summed E-state index contributed by atoms with van der Waals surface area (Å²) in [6, 6.07) is 16.9. The van der Waals surface area contributed by atoms with Gasteiger partial charge in [0.05, 0.1) is 0 Å². The number of nitrogens with one attached hydrogen (secondary N) is 2. The highest BCUT2D eigenvalue weighted by molar-refractivity contribution is 6.60. The molecule has 0 bridgehead atoms. The molecular weight excluding hydrogens is 456 g/mol. The predicted octanol–water partition coefficient (Wildman–Crippen LogP) is 6.89. The van der Waals surface area contributed by atoms with Gasteiger partial charge in [-0.15, -0.1) is 0 Å². The molecule has 6 nitrogen and oxygen atoms in total. The van der Waals surface area contributed by atoms with Crippen molar-refractivity contribution in [2.45, 2.75) is 59.4 Å². The third-order valence-corrected chi connectivity index (χ3v) is 8.22. The number of anilines is 2. The van der Waals surface area contributed by atoms with Crippen LogP contribution in [0.1, 0.15) is 53.4 Å². The molecule has 1 amide bonds. The number of hydrogen-bond acceptors (Lipinski definition) is 5. The van der Waals surface area contributed by atoms with Gasteiger partial charge in [-0.2, -0.15) is 0 Å². The minimum atomic E-state index is -2.68. The summed E-state index contributed by atoms with van der Waals surface area (Å²) in [5.74, 6) is -0.173. The molecule has 2 rings (SSSR count). The summed E-state index contributed by atoms with van der Waals surface area (Å²) in [6.45, 7) is 14.5. The Labute approximate surface area is 212 Å². The zero-order valence-corrected chi connectivity index (χ0v) is 22.8. The molecule has 0 heterocycles. The second-order valence-electron chi connectivity index (χ2n) is 8.62. The lowest BCUT2D eigenvalue weighted by molar-refractivity contribution is -0.112. The molecule has 0 aliphatic rings. The molecule has 35 heavy (non-hydrogen) atoms. The van der Waals surface area contributed by atoms with E-state index in [-0.39, 0.29) is 5.91 Å². The SMILES string of the molecule is C=C(C)C(=O)Nc1ccc(-c2ccccc2NCCC[Si](OCCC)(OCCC)OCCC)cc1. The summed E-state index contributed by atoms with van der Waals surface area (Å²) >= 11 is 0. The first-order chi connectivity index (χ1) is 16.9. The maximum absolute atomic E-state index is 11.9. The molecule has 0 unspecified atom stereocenters. The van der Waals surface area contributed by atoms with E-state index in [1.807, 2.05) is 36.4 Å². The molecule has 2 N–H and O–H groups in total. The monoisotopic (exact) mass is 498 g/mol. The maximum Gasteiger partial charge on any atom is 0.501 e. The molecule has 0 saturated heterocycles. The van der Waals surface area contributed by atoms with E-state index in [1.165, 1.54) is 0 Å². The summed E-state index contributed by atoms with van der Waals surface area (Å²) in [6.07, 6.45) is 3.73. The average molecular weight is 499 g/mol. The molecule has 2 aromatic carbocycles. The van der Waals surface area contributed by atoms with Gasteiger partial charge in [0, 0.05) is 54.9 Å². The standard InChI is InChI=1S/C28H42N2O4Si/c1-6-19-32-35(33-20-7-2,34-21-8-3)22-11-18-29-27-13-10-9-12-26(27)24-14-16-25(17-15-24)30-28(31)23(4)5/h9-10,12-17,29H,4,6-8,11,18-22H2,1-3,5H3,(H,30,31). The van der Waals surface area contributed by atoms with Gasteiger partial charge in [0.15, 0.2) is 0 Å². The third kappa shape index (κ3) is 9.61. The normalized spacial score (nSPS) is 11.3. The Morgan fingerprint density at radius 1 is 0.886 bits per heavy atom. The second-order valence-corrected chi connectivity index (χ2v) is 11.3. The first-order valence-corrected chi connectivity index (χ1v) is 14.7. The largest absolute Gasteiger partial charge is 0.501 e. The fourth-order valence-electron chi connectivity index (χ4n) is 3.50. The van der Waals surface area contributed by atoms with Crippen molar-refractivity contribution in [3.05, 3.63) is 60.7 Å². The van der Waals surface area contributed by atoms with Crippen LogP contribution in [0.5, 0.6) is 0 Å². The summed E-state index contributed by atoms with van der Waals surface area (Å²) in [7, 11) is -2.68. The fraction of sp³-hybridized carbons (Fsp3) is 0.464. The topological polar surface area (TPSA) is 68.8 Å². The van der Waals surface area contributed by atoms with Crippen LogP contribution < -0.4 is 10.6 Å². The van der Waals surface area contributed by atoms with E-state index in [4.69, 9.17) is 13.3 Å². The Bertz CT molecular complexity index is 896. The minimum Gasteiger partial charge on any atom is -0.385 e. The number of rotatable bonds is 17. The Morgan fingerprint density at radius 3 is 2.00 bits per heavy atom. The zero-order valence-electron chi connectivity index (χ0n) is 21.8. The summed E-state index contributed by atoms with van der Waals surface area (Å²) in [5.41, 5.74) is 4.49. The molecule has 0 spiro atoms. The number of amides is 1. The molecule has 0 fully saturated rings. The van der Waals surface area contributed by atoms with Crippen LogP contribution in [0.3, 0.4) is 0 Å². The summed E-state index contributed by atoms with van der Waals surface area (Å²) in [4.78, 5) is 11.9. The van der Waals surface area contributed by atoms with Crippen molar-refractivity contribution in [2.75, 3.05) is 37.0 Å². The van der Waals surface area contributed by atoms with Crippen LogP contribution in [0.25, 0.3) is 11.1 Å². The summed E-state index contributed by atoms with van der Waals surface area (Å²) in [5, 5.41) is 6.44. The van der Waals surface area contributed by atoms with E-state index in [2.05, 4.69) is 50.1 Å². The molecule has 0 saturated carbocycles. The van der Waals surface area contributed by atoms with Gasteiger partial charge in [-0.25, -0.2) is 0 Å². The second kappa shape index (κ2) is 15.5. The molecule has 0 atom stereocenters. The van der Waals surface area contributed by atoms with Crippen molar-refractivity contribution in [2.24, 2.45) is 0 Å². The van der Waals surface area contributed by atoms with Gasteiger partial charge in [0.25, 0.3) is 5.91 Å². The summed E-state index contributed by atoms with van der Waals surface area (Å²) < 4.78 is 18.6. The van der Waals surface area contributed by atoms with Crippen LogP contribution in [0.2, 0.25) is 6.04 Å². The Kier molecular flexibility index (Phi) is 12.8. The predicted molar refractivity (Wildman–Crippen MR) is 148 cm³/mol. The van der Waals surface area contributed by atoms with Gasteiger partial charge in [-0.1, -0.05) is 57.7 Å². The fourth-order valence-corrected chi connectivity index (χ4v) is 6.34. The lowest BCUT2D eigenvalue weighted by atomic mass is 10.0. The highest BCUT2D eigenvalue weighted by Gasteiger charge is 2.40. The van der Waals surface area contributed by atoms with Gasteiger partial charge in [0.1, 0.15) is 0 Å². The zero-order chi connectivity index (χ0) is 25.5. The van der Waals surface area contributed by atoms with E-state index in [1.54, 1.807) is 6.92 Å². The van der Waals surface area contributed by atoms with Gasteiger partial charge < -0.3 is 23.9 Å². The quantitative estimate of drug-likeness (QED) is 0.141. The number of para-hydroxylation sites is 1. The van der Waals surface area contributed by atoms with E-state index >= 15 is 0 Å². The van der Waals surface area contributed by atoms with E-state index in [9.17, 15) is 4.79 Å². The first kappa shape index (κ1) is 28.8. The maximum atomic E-state index is 11.9. The third-order valence-electron chi connectivity index (χ3n) is 5.32. The van der Waals surface area contributed by atoms with Crippen molar-refractivity contribution in [3.63, 3.8) is 0 Å². The molecule has 0 aliphatic carbocycles. The van der Waals surface area contributed by atoms with E-state index < -0.39 is 8.80 Å². The molecule has 7 heteroatoms. The smallest absolute Gasteiger partial charge is 0.385 e. The number of hydrogen-bond donors (Lipinski definition) is 2. The first-order valence-electron chi connectivity index (χ1n) is 12.8. The van der Waals surface area contributed by atoms with Crippen molar-refractivity contribution in [1.29, 1.82) is 0 Å². The van der Waals surface area contributed by atoms with Crippen LogP contribution in [0.4, 0.5) is 11.4 Å². The highest BCUT2D eigenvalue weighted by atomic mass is 28.4. The molecule has 0 aromatic heterocycles. The van der Waals surface area contributed by atoms with Crippen molar-refractivity contribution in [3.8, 4) is 11.1 Å². The molecular formula is C28H42N2O4Si. The van der Waals surface area contributed by atoms with Gasteiger partial charge in [0.2, 0.25) is 0 Å². The Hall–Kier alpha value is -2.45. The van der Waals surface area contributed by atoms with Crippen molar-refractivity contribution >= 4 is 26.1 Å². The van der Waals surface area contributed by atoms with Crippen LogP contribution >= 0.6 is 0 Å². The molecule has 0 radical (unpaired) electrons. The van der Waals surface area contributed by atoms with Gasteiger partial charge in [-0.3, -0.25) is 4.79 Å². The van der Waals surface area contributed by atoms with Crippen LogP contribution in [-0.4, -0.2) is 41.1 Å².